The normalized spacial score (nSPS) is 11.8. The van der Waals surface area contributed by atoms with E-state index < -0.39 is 0 Å². The van der Waals surface area contributed by atoms with Gasteiger partial charge in [0.25, 0.3) is 0 Å². The molecule has 0 saturated heterocycles. The number of aliphatic hydroxyl groups is 1. The highest BCUT2D eigenvalue weighted by atomic mass is 33.1. The van der Waals surface area contributed by atoms with Crippen LogP contribution < -0.4 is 0 Å². The Labute approximate surface area is 106 Å². The van der Waals surface area contributed by atoms with Gasteiger partial charge in [0.2, 0.25) is 0 Å². The van der Waals surface area contributed by atoms with Crippen LogP contribution in [0.5, 0.6) is 0 Å². The molecule has 0 unspecified atom stereocenters. The first-order valence-electron chi connectivity index (χ1n) is 5.51. The summed E-state index contributed by atoms with van der Waals surface area (Å²) in [6.07, 6.45) is 0.761. The Morgan fingerprint density at radius 3 is 2.31 bits per heavy atom. The van der Waals surface area contributed by atoms with Crippen molar-refractivity contribution in [2.45, 2.75) is 37.7 Å². The molecule has 0 bridgehead atoms. The summed E-state index contributed by atoms with van der Waals surface area (Å²) in [5, 5.41) is 8.99. The minimum absolute atomic E-state index is 0.230. The summed E-state index contributed by atoms with van der Waals surface area (Å²) in [5.41, 5.74) is 2.62. The molecule has 0 aromatic heterocycles. The van der Waals surface area contributed by atoms with E-state index in [1.54, 1.807) is 0 Å². The lowest BCUT2D eigenvalue weighted by molar-refractivity contribution is 0.299. The second kappa shape index (κ2) is 6.58. The maximum atomic E-state index is 8.99. The fourth-order valence-corrected chi connectivity index (χ4v) is 3.77. The lowest BCUT2D eigenvalue weighted by Crippen LogP contribution is -2.04. The monoisotopic (exact) mass is 256 g/mol. The van der Waals surface area contributed by atoms with E-state index in [9.17, 15) is 0 Å². The van der Waals surface area contributed by atoms with E-state index in [0.717, 1.165) is 12.2 Å². The second-order valence-corrected chi connectivity index (χ2v) is 7.82. The van der Waals surface area contributed by atoms with E-state index >= 15 is 0 Å². The highest BCUT2D eigenvalue weighted by Crippen LogP contribution is 2.37. The molecule has 1 nitrogen and oxygen atoms in total. The first-order chi connectivity index (χ1) is 7.53. The topological polar surface area (TPSA) is 20.2 Å². The van der Waals surface area contributed by atoms with Gasteiger partial charge in [0.15, 0.2) is 0 Å². The smallest absolute Gasteiger partial charge is 0.0471 e. The van der Waals surface area contributed by atoms with Crippen molar-refractivity contribution >= 4 is 21.6 Å². The average molecular weight is 256 g/mol. The first-order valence-corrected chi connectivity index (χ1v) is 7.83. The van der Waals surface area contributed by atoms with Gasteiger partial charge >= 0.3 is 0 Å². The number of hydrogen-bond acceptors (Lipinski definition) is 3. The standard InChI is InChI=1S/C13H20OS2/c1-13(2,3)16-15-10-12-7-5-4-6-11(12)8-9-14/h4-7,14H,8-10H2,1-3H3. The van der Waals surface area contributed by atoms with Crippen molar-refractivity contribution in [3.05, 3.63) is 35.4 Å². The lowest BCUT2D eigenvalue weighted by atomic mass is 10.1. The maximum Gasteiger partial charge on any atom is 0.0471 e. The van der Waals surface area contributed by atoms with E-state index in [0.29, 0.717) is 4.75 Å². The summed E-state index contributed by atoms with van der Waals surface area (Å²) in [7, 11) is 3.80. The molecule has 1 aromatic carbocycles. The molecule has 0 aliphatic rings. The van der Waals surface area contributed by atoms with Crippen LogP contribution in [0.15, 0.2) is 24.3 Å². The van der Waals surface area contributed by atoms with Gasteiger partial charge in [0.1, 0.15) is 0 Å². The van der Waals surface area contributed by atoms with Crippen molar-refractivity contribution < 1.29 is 5.11 Å². The predicted octanol–water partition coefficient (Wildman–Crippen LogP) is 3.90. The molecule has 0 aliphatic carbocycles. The van der Waals surface area contributed by atoms with Crippen LogP contribution in [0.2, 0.25) is 0 Å². The highest BCUT2D eigenvalue weighted by molar-refractivity contribution is 8.76. The molecule has 90 valence electrons. The van der Waals surface area contributed by atoms with Crippen molar-refractivity contribution in [2.24, 2.45) is 0 Å². The van der Waals surface area contributed by atoms with Gasteiger partial charge in [0, 0.05) is 17.1 Å². The van der Waals surface area contributed by atoms with Gasteiger partial charge in [-0.1, -0.05) is 66.6 Å². The Hall–Kier alpha value is -0.120. The first kappa shape index (κ1) is 13.9. The quantitative estimate of drug-likeness (QED) is 0.807. The average Bonchev–Trinajstić information content (AvgIpc) is 2.19. The molecule has 16 heavy (non-hydrogen) atoms. The van der Waals surface area contributed by atoms with E-state index in [1.807, 2.05) is 27.7 Å². The number of hydrogen-bond donors (Lipinski definition) is 1. The van der Waals surface area contributed by atoms with Crippen LogP contribution in [-0.2, 0) is 12.2 Å². The van der Waals surface area contributed by atoms with E-state index in [-0.39, 0.29) is 6.61 Å². The Morgan fingerprint density at radius 2 is 1.75 bits per heavy atom. The Morgan fingerprint density at radius 1 is 1.12 bits per heavy atom. The fourth-order valence-electron chi connectivity index (χ4n) is 1.33. The Kier molecular flexibility index (Phi) is 5.73. The molecule has 0 aliphatic heterocycles. The summed E-state index contributed by atoms with van der Waals surface area (Å²) in [6.45, 7) is 6.91. The zero-order valence-corrected chi connectivity index (χ0v) is 11.8. The summed E-state index contributed by atoms with van der Waals surface area (Å²) >= 11 is 0. The van der Waals surface area contributed by atoms with E-state index in [1.165, 1.54) is 11.1 Å². The predicted molar refractivity (Wildman–Crippen MR) is 75.9 cm³/mol. The summed E-state index contributed by atoms with van der Waals surface area (Å²) < 4.78 is 0.302. The van der Waals surface area contributed by atoms with E-state index in [2.05, 4.69) is 39.0 Å². The SMILES string of the molecule is CC(C)(C)SSCc1ccccc1CCO. The van der Waals surface area contributed by atoms with Crippen LogP contribution in [0, 0.1) is 0 Å². The Bertz CT molecular complexity index is 318. The third-order valence-electron chi connectivity index (χ3n) is 2.02. The highest BCUT2D eigenvalue weighted by Gasteiger charge is 2.11. The minimum atomic E-state index is 0.230. The molecule has 0 heterocycles. The van der Waals surface area contributed by atoms with Crippen LogP contribution in [0.1, 0.15) is 31.9 Å². The number of aliphatic hydroxyl groups excluding tert-OH is 1. The lowest BCUT2D eigenvalue weighted by Gasteiger charge is -2.16. The Balaban J connectivity index is 2.52. The van der Waals surface area contributed by atoms with Gasteiger partial charge in [-0.3, -0.25) is 0 Å². The molecule has 3 heteroatoms. The molecule has 1 rings (SSSR count). The van der Waals surface area contributed by atoms with Crippen LogP contribution in [0.3, 0.4) is 0 Å². The number of rotatable bonds is 5. The fraction of sp³-hybridized carbons (Fsp3) is 0.538. The minimum Gasteiger partial charge on any atom is -0.396 e. The zero-order valence-electron chi connectivity index (χ0n) is 10.2. The van der Waals surface area contributed by atoms with Crippen molar-refractivity contribution in [3.63, 3.8) is 0 Å². The van der Waals surface area contributed by atoms with Crippen LogP contribution in [0.4, 0.5) is 0 Å². The van der Waals surface area contributed by atoms with Crippen molar-refractivity contribution in [1.29, 1.82) is 0 Å². The van der Waals surface area contributed by atoms with Gasteiger partial charge in [-0.05, 0) is 17.5 Å². The molecule has 0 spiro atoms. The van der Waals surface area contributed by atoms with Gasteiger partial charge in [-0.2, -0.15) is 0 Å². The molecular formula is C13H20OS2. The molecular weight excluding hydrogens is 236 g/mol. The zero-order chi connectivity index (χ0) is 12.0. The molecule has 1 aromatic rings. The largest absolute Gasteiger partial charge is 0.396 e. The molecule has 1 N–H and O–H groups in total. The third kappa shape index (κ3) is 5.28. The van der Waals surface area contributed by atoms with Gasteiger partial charge in [-0.15, -0.1) is 0 Å². The number of benzene rings is 1. The second-order valence-electron chi connectivity index (χ2n) is 4.70. The van der Waals surface area contributed by atoms with Gasteiger partial charge in [0.05, 0.1) is 0 Å². The summed E-state index contributed by atoms with van der Waals surface area (Å²) in [5.74, 6) is 1.01. The summed E-state index contributed by atoms with van der Waals surface area (Å²) in [6, 6.07) is 8.36. The van der Waals surface area contributed by atoms with Gasteiger partial charge < -0.3 is 5.11 Å². The molecule has 0 atom stereocenters. The maximum absolute atomic E-state index is 8.99. The molecule has 0 amide bonds. The molecule has 0 fully saturated rings. The van der Waals surface area contributed by atoms with Crippen molar-refractivity contribution in [2.75, 3.05) is 6.61 Å². The molecule has 0 saturated carbocycles. The van der Waals surface area contributed by atoms with Crippen molar-refractivity contribution in [1.82, 2.24) is 0 Å². The van der Waals surface area contributed by atoms with Crippen molar-refractivity contribution in [3.8, 4) is 0 Å². The van der Waals surface area contributed by atoms with Gasteiger partial charge in [-0.25, -0.2) is 0 Å². The van der Waals surface area contributed by atoms with Crippen LogP contribution >= 0.6 is 21.6 Å². The molecule has 0 radical (unpaired) electrons. The third-order valence-corrected chi connectivity index (χ3v) is 5.28. The van der Waals surface area contributed by atoms with Crippen LogP contribution in [0.25, 0.3) is 0 Å². The van der Waals surface area contributed by atoms with E-state index in [4.69, 9.17) is 5.11 Å². The summed E-state index contributed by atoms with van der Waals surface area (Å²) in [4.78, 5) is 0. The van der Waals surface area contributed by atoms with Crippen LogP contribution in [-0.4, -0.2) is 16.5 Å².